The number of hydrogen-bond acceptors (Lipinski definition) is 4. The zero-order chi connectivity index (χ0) is 18.8. The third kappa shape index (κ3) is 3.69. The van der Waals surface area contributed by atoms with Crippen LogP contribution in [-0.2, 0) is 20.8 Å². The van der Waals surface area contributed by atoms with Gasteiger partial charge in [-0.2, -0.15) is 0 Å². The third-order valence-corrected chi connectivity index (χ3v) is 5.86. The van der Waals surface area contributed by atoms with Crippen LogP contribution in [0.15, 0.2) is 30.3 Å². The van der Waals surface area contributed by atoms with E-state index in [-0.39, 0.29) is 23.6 Å². The number of carbonyl (C=O) groups excluding carboxylic acids is 3. The van der Waals surface area contributed by atoms with E-state index in [4.69, 9.17) is 0 Å². The van der Waals surface area contributed by atoms with Gasteiger partial charge in [-0.3, -0.25) is 14.4 Å². The molecule has 7 nitrogen and oxygen atoms in total. The molecule has 3 aliphatic heterocycles. The topological polar surface area (TPSA) is 81.8 Å². The fourth-order valence-electron chi connectivity index (χ4n) is 4.32. The molecule has 0 aromatic heterocycles. The summed E-state index contributed by atoms with van der Waals surface area (Å²) in [5.74, 6) is -0.0375. The first-order chi connectivity index (χ1) is 13.1. The van der Waals surface area contributed by atoms with Gasteiger partial charge in [0.25, 0.3) is 0 Å². The van der Waals surface area contributed by atoms with Gasteiger partial charge in [-0.05, 0) is 31.5 Å². The summed E-state index contributed by atoms with van der Waals surface area (Å²) in [5.41, 5.74) is 1.02. The molecular weight excluding hydrogens is 344 g/mol. The quantitative estimate of drug-likeness (QED) is 0.770. The molecule has 4 rings (SSSR count). The molecule has 0 bridgehead atoms. The van der Waals surface area contributed by atoms with Crippen molar-refractivity contribution < 1.29 is 14.4 Å². The SMILES string of the molecule is O=C1NC(Cc2ccccc2)C(=O)N2CCN(C(=O)C3CCNCC3)CC12. The van der Waals surface area contributed by atoms with E-state index in [1.807, 2.05) is 30.3 Å². The number of fused-ring (bicyclic) bond motifs is 1. The minimum Gasteiger partial charge on any atom is -0.342 e. The summed E-state index contributed by atoms with van der Waals surface area (Å²) in [5, 5.41) is 6.14. The number of nitrogens with zero attached hydrogens (tertiary/aromatic N) is 2. The highest BCUT2D eigenvalue weighted by atomic mass is 16.2. The molecule has 0 radical (unpaired) electrons. The van der Waals surface area contributed by atoms with Crippen molar-refractivity contribution in [3.05, 3.63) is 35.9 Å². The predicted octanol–water partition coefficient (Wildman–Crippen LogP) is -0.233. The maximum Gasteiger partial charge on any atom is 0.246 e. The molecule has 3 amide bonds. The number of hydrogen-bond donors (Lipinski definition) is 2. The van der Waals surface area contributed by atoms with Crippen molar-refractivity contribution in [2.75, 3.05) is 32.7 Å². The van der Waals surface area contributed by atoms with Gasteiger partial charge in [0, 0.05) is 25.4 Å². The van der Waals surface area contributed by atoms with E-state index >= 15 is 0 Å². The largest absolute Gasteiger partial charge is 0.342 e. The van der Waals surface area contributed by atoms with Crippen LogP contribution in [0.4, 0.5) is 0 Å². The van der Waals surface area contributed by atoms with Crippen LogP contribution < -0.4 is 10.6 Å². The van der Waals surface area contributed by atoms with Gasteiger partial charge in [-0.25, -0.2) is 0 Å². The maximum absolute atomic E-state index is 12.9. The Bertz CT molecular complexity index is 717. The molecule has 3 aliphatic rings. The molecule has 1 aromatic rings. The van der Waals surface area contributed by atoms with Gasteiger partial charge in [-0.1, -0.05) is 30.3 Å². The number of rotatable bonds is 3. The molecule has 0 aliphatic carbocycles. The van der Waals surface area contributed by atoms with Crippen LogP contribution in [0, 0.1) is 5.92 Å². The molecule has 1 aromatic carbocycles. The van der Waals surface area contributed by atoms with Gasteiger partial charge in [0.2, 0.25) is 17.7 Å². The Balaban J connectivity index is 1.41. The lowest BCUT2D eigenvalue weighted by Gasteiger charge is -2.46. The second-order valence-electron chi connectivity index (χ2n) is 7.61. The zero-order valence-electron chi connectivity index (χ0n) is 15.4. The summed E-state index contributed by atoms with van der Waals surface area (Å²) in [4.78, 5) is 41.8. The molecule has 2 atom stereocenters. The summed E-state index contributed by atoms with van der Waals surface area (Å²) in [7, 11) is 0. The Kier molecular flexibility index (Phi) is 5.11. The second-order valence-corrected chi connectivity index (χ2v) is 7.61. The Labute approximate surface area is 159 Å². The summed E-state index contributed by atoms with van der Waals surface area (Å²) < 4.78 is 0. The molecule has 144 valence electrons. The van der Waals surface area contributed by atoms with Crippen molar-refractivity contribution in [2.45, 2.75) is 31.3 Å². The van der Waals surface area contributed by atoms with Crippen molar-refractivity contribution >= 4 is 17.7 Å². The van der Waals surface area contributed by atoms with Gasteiger partial charge in [0.1, 0.15) is 12.1 Å². The van der Waals surface area contributed by atoms with Gasteiger partial charge >= 0.3 is 0 Å². The van der Waals surface area contributed by atoms with Crippen LogP contribution in [0.25, 0.3) is 0 Å². The number of piperazine rings is 2. The zero-order valence-corrected chi connectivity index (χ0v) is 15.4. The van der Waals surface area contributed by atoms with Crippen LogP contribution in [0.3, 0.4) is 0 Å². The molecule has 7 heteroatoms. The first kappa shape index (κ1) is 18.0. The van der Waals surface area contributed by atoms with Crippen LogP contribution >= 0.6 is 0 Å². The third-order valence-electron chi connectivity index (χ3n) is 5.86. The lowest BCUT2D eigenvalue weighted by atomic mass is 9.94. The Morgan fingerprint density at radius 3 is 2.56 bits per heavy atom. The lowest BCUT2D eigenvalue weighted by molar-refractivity contribution is -0.156. The minimum absolute atomic E-state index is 0.0333. The molecule has 27 heavy (non-hydrogen) atoms. The monoisotopic (exact) mass is 370 g/mol. The molecule has 0 spiro atoms. The second kappa shape index (κ2) is 7.68. The molecule has 3 saturated heterocycles. The van der Waals surface area contributed by atoms with Crippen molar-refractivity contribution in [3.63, 3.8) is 0 Å². The van der Waals surface area contributed by atoms with E-state index in [0.717, 1.165) is 31.5 Å². The summed E-state index contributed by atoms with van der Waals surface area (Å²) in [6.45, 7) is 2.97. The smallest absolute Gasteiger partial charge is 0.246 e. The molecular formula is C20H26N4O3. The number of nitrogens with one attached hydrogen (secondary N) is 2. The van der Waals surface area contributed by atoms with E-state index in [1.54, 1.807) is 9.80 Å². The molecule has 0 saturated carbocycles. The normalized spacial score (nSPS) is 26.5. The van der Waals surface area contributed by atoms with Crippen molar-refractivity contribution in [1.82, 2.24) is 20.4 Å². The lowest BCUT2D eigenvalue weighted by Crippen LogP contribution is -2.70. The molecule has 3 fully saturated rings. The van der Waals surface area contributed by atoms with Crippen molar-refractivity contribution in [1.29, 1.82) is 0 Å². The van der Waals surface area contributed by atoms with E-state index < -0.39 is 12.1 Å². The molecule has 3 heterocycles. The fraction of sp³-hybridized carbons (Fsp3) is 0.550. The maximum atomic E-state index is 12.9. The highest BCUT2D eigenvalue weighted by Gasteiger charge is 2.44. The first-order valence-electron chi connectivity index (χ1n) is 9.78. The number of carbonyl (C=O) groups is 3. The standard InChI is InChI=1S/C20H26N4O3/c25-18-17-13-23(19(26)15-6-8-21-9-7-15)10-11-24(17)20(27)16(22-18)12-14-4-2-1-3-5-14/h1-5,15-17,21H,6-13H2,(H,22,25). The van der Waals surface area contributed by atoms with Crippen LogP contribution in [0.1, 0.15) is 18.4 Å². The first-order valence-corrected chi connectivity index (χ1v) is 9.78. The number of piperidine rings is 1. The van der Waals surface area contributed by atoms with Gasteiger partial charge in [0.05, 0.1) is 6.54 Å². The Hall–Kier alpha value is -2.41. The average molecular weight is 370 g/mol. The van der Waals surface area contributed by atoms with Crippen LogP contribution in [0.2, 0.25) is 0 Å². The predicted molar refractivity (Wildman–Crippen MR) is 99.8 cm³/mol. The van der Waals surface area contributed by atoms with E-state index in [2.05, 4.69) is 10.6 Å². The molecule has 2 N–H and O–H groups in total. The van der Waals surface area contributed by atoms with Gasteiger partial charge in [-0.15, -0.1) is 0 Å². The Morgan fingerprint density at radius 2 is 1.81 bits per heavy atom. The van der Waals surface area contributed by atoms with Gasteiger partial charge < -0.3 is 20.4 Å². The highest BCUT2D eigenvalue weighted by Crippen LogP contribution is 2.22. The van der Waals surface area contributed by atoms with Crippen molar-refractivity contribution in [3.8, 4) is 0 Å². The van der Waals surface area contributed by atoms with Crippen LogP contribution in [0.5, 0.6) is 0 Å². The van der Waals surface area contributed by atoms with E-state index in [9.17, 15) is 14.4 Å². The highest BCUT2D eigenvalue weighted by molar-refractivity contribution is 5.98. The van der Waals surface area contributed by atoms with E-state index in [1.165, 1.54) is 0 Å². The number of amides is 3. The fourth-order valence-corrected chi connectivity index (χ4v) is 4.32. The molecule has 2 unspecified atom stereocenters. The van der Waals surface area contributed by atoms with Crippen LogP contribution in [-0.4, -0.2) is 72.3 Å². The minimum atomic E-state index is -0.566. The Morgan fingerprint density at radius 1 is 1.07 bits per heavy atom. The number of benzene rings is 1. The summed E-state index contributed by atoms with van der Waals surface area (Å²) in [6.07, 6.45) is 2.17. The van der Waals surface area contributed by atoms with E-state index in [0.29, 0.717) is 26.1 Å². The summed E-state index contributed by atoms with van der Waals surface area (Å²) >= 11 is 0. The average Bonchev–Trinajstić information content (AvgIpc) is 2.72. The van der Waals surface area contributed by atoms with Gasteiger partial charge in [0.15, 0.2) is 0 Å². The summed E-state index contributed by atoms with van der Waals surface area (Å²) in [6, 6.07) is 8.62. The van der Waals surface area contributed by atoms with Crippen molar-refractivity contribution in [2.24, 2.45) is 5.92 Å².